The Labute approximate surface area is 66.6 Å². The second-order valence-corrected chi connectivity index (χ2v) is 3.06. The van der Waals surface area contributed by atoms with Crippen LogP contribution in [0.15, 0.2) is 24.4 Å². The first-order valence-corrected chi connectivity index (χ1v) is 3.94. The van der Waals surface area contributed by atoms with Gasteiger partial charge in [0, 0.05) is 25.8 Å². The molecule has 0 amide bonds. The smallest absolute Gasteiger partial charge is 0.120 e. The SMILES string of the molecule is NC12C=CC=CN1CCNC2. The molecule has 1 atom stereocenters. The molecule has 11 heavy (non-hydrogen) atoms. The standard InChI is InChI=1S/C8H13N3/c9-8-3-1-2-5-11(8)6-4-10-7-8/h1-3,5,10H,4,6-7,9H2. The lowest BCUT2D eigenvalue weighted by Gasteiger charge is -2.43. The zero-order chi connectivity index (χ0) is 7.73. The van der Waals surface area contributed by atoms with Gasteiger partial charge in [-0.1, -0.05) is 6.08 Å². The summed E-state index contributed by atoms with van der Waals surface area (Å²) in [6, 6.07) is 0. The summed E-state index contributed by atoms with van der Waals surface area (Å²) < 4.78 is 0. The fourth-order valence-electron chi connectivity index (χ4n) is 1.54. The first-order valence-electron chi connectivity index (χ1n) is 3.94. The molecule has 2 rings (SSSR count). The van der Waals surface area contributed by atoms with Crippen LogP contribution in [0.3, 0.4) is 0 Å². The van der Waals surface area contributed by atoms with Crippen molar-refractivity contribution in [2.75, 3.05) is 19.6 Å². The van der Waals surface area contributed by atoms with Crippen LogP contribution in [0.5, 0.6) is 0 Å². The molecule has 0 aromatic carbocycles. The molecule has 0 radical (unpaired) electrons. The number of allylic oxidation sites excluding steroid dienone is 2. The molecular formula is C8H13N3. The minimum absolute atomic E-state index is 0.271. The molecule has 60 valence electrons. The highest BCUT2D eigenvalue weighted by Crippen LogP contribution is 2.16. The van der Waals surface area contributed by atoms with Crippen LogP contribution in [0.2, 0.25) is 0 Å². The largest absolute Gasteiger partial charge is 0.354 e. The molecule has 1 unspecified atom stereocenters. The quantitative estimate of drug-likeness (QED) is 0.496. The predicted octanol–water partition coefficient (Wildman–Crippen LogP) is -0.370. The van der Waals surface area contributed by atoms with Crippen LogP contribution < -0.4 is 11.1 Å². The van der Waals surface area contributed by atoms with Gasteiger partial charge in [-0.25, -0.2) is 0 Å². The average Bonchev–Trinajstić information content (AvgIpc) is 2.03. The van der Waals surface area contributed by atoms with Gasteiger partial charge in [0.25, 0.3) is 0 Å². The van der Waals surface area contributed by atoms with Crippen molar-refractivity contribution in [3.63, 3.8) is 0 Å². The Balaban J connectivity index is 2.22. The third kappa shape index (κ3) is 1.06. The normalized spacial score (nSPS) is 35.5. The van der Waals surface area contributed by atoms with Crippen LogP contribution >= 0.6 is 0 Å². The van der Waals surface area contributed by atoms with Crippen LogP contribution in [-0.4, -0.2) is 30.2 Å². The number of fused-ring (bicyclic) bond motifs is 1. The summed E-state index contributed by atoms with van der Waals surface area (Å²) in [5.41, 5.74) is 5.82. The Hall–Kier alpha value is -0.800. The summed E-state index contributed by atoms with van der Waals surface area (Å²) >= 11 is 0. The first-order chi connectivity index (χ1) is 5.31. The van der Waals surface area contributed by atoms with E-state index in [4.69, 9.17) is 5.73 Å². The third-order valence-corrected chi connectivity index (χ3v) is 2.23. The number of hydrogen-bond donors (Lipinski definition) is 2. The Kier molecular flexibility index (Phi) is 1.47. The van der Waals surface area contributed by atoms with Crippen LogP contribution in [0.25, 0.3) is 0 Å². The highest BCUT2D eigenvalue weighted by Gasteiger charge is 2.31. The lowest BCUT2D eigenvalue weighted by atomic mass is 10.0. The van der Waals surface area contributed by atoms with Crippen LogP contribution in [0.1, 0.15) is 0 Å². The second-order valence-electron chi connectivity index (χ2n) is 3.06. The Morgan fingerprint density at radius 2 is 2.36 bits per heavy atom. The van der Waals surface area contributed by atoms with Gasteiger partial charge in [0.05, 0.1) is 0 Å². The van der Waals surface area contributed by atoms with Gasteiger partial charge >= 0.3 is 0 Å². The Bertz CT molecular complexity index is 209. The molecule has 0 aromatic heterocycles. The number of rotatable bonds is 0. The Morgan fingerprint density at radius 3 is 3.18 bits per heavy atom. The third-order valence-electron chi connectivity index (χ3n) is 2.23. The van der Waals surface area contributed by atoms with E-state index in [1.807, 2.05) is 18.2 Å². The second kappa shape index (κ2) is 2.36. The summed E-state index contributed by atoms with van der Waals surface area (Å²) in [5, 5.41) is 3.27. The van der Waals surface area contributed by atoms with Crippen molar-refractivity contribution in [1.82, 2.24) is 10.2 Å². The van der Waals surface area contributed by atoms with E-state index in [9.17, 15) is 0 Å². The Morgan fingerprint density at radius 1 is 1.45 bits per heavy atom. The van der Waals surface area contributed by atoms with Crippen molar-refractivity contribution < 1.29 is 0 Å². The molecule has 0 saturated carbocycles. The maximum atomic E-state index is 6.09. The van der Waals surface area contributed by atoms with Gasteiger partial charge in [-0.2, -0.15) is 0 Å². The molecule has 0 spiro atoms. The number of hydrogen-bond acceptors (Lipinski definition) is 3. The molecule has 1 saturated heterocycles. The number of nitrogens with two attached hydrogens (primary N) is 1. The molecule has 3 heteroatoms. The van der Waals surface area contributed by atoms with E-state index < -0.39 is 0 Å². The van der Waals surface area contributed by atoms with E-state index in [0.29, 0.717) is 0 Å². The van der Waals surface area contributed by atoms with E-state index in [-0.39, 0.29) is 5.66 Å². The molecule has 1 fully saturated rings. The van der Waals surface area contributed by atoms with E-state index in [0.717, 1.165) is 19.6 Å². The van der Waals surface area contributed by atoms with Crippen LogP contribution in [0.4, 0.5) is 0 Å². The van der Waals surface area contributed by atoms with Gasteiger partial charge in [0.1, 0.15) is 5.66 Å². The summed E-state index contributed by atoms with van der Waals surface area (Å²) in [6.07, 6.45) is 8.12. The highest BCUT2D eigenvalue weighted by molar-refractivity contribution is 5.20. The van der Waals surface area contributed by atoms with E-state index in [1.54, 1.807) is 0 Å². The van der Waals surface area contributed by atoms with Gasteiger partial charge < -0.3 is 16.0 Å². The van der Waals surface area contributed by atoms with Crippen molar-refractivity contribution in [1.29, 1.82) is 0 Å². The molecule has 0 aromatic rings. The molecule has 0 aliphatic carbocycles. The van der Waals surface area contributed by atoms with Crippen molar-refractivity contribution >= 4 is 0 Å². The molecule has 2 aliphatic heterocycles. The number of nitrogens with one attached hydrogen (secondary N) is 1. The molecule has 2 aliphatic rings. The molecule has 3 nitrogen and oxygen atoms in total. The average molecular weight is 151 g/mol. The first kappa shape index (κ1) is 6.88. The topological polar surface area (TPSA) is 41.3 Å². The van der Waals surface area contributed by atoms with E-state index in [1.165, 1.54) is 0 Å². The van der Waals surface area contributed by atoms with E-state index in [2.05, 4.69) is 16.4 Å². The van der Waals surface area contributed by atoms with Gasteiger partial charge in [-0.15, -0.1) is 0 Å². The summed E-state index contributed by atoms with van der Waals surface area (Å²) in [7, 11) is 0. The zero-order valence-electron chi connectivity index (χ0n) is 6.46. The lowest BCUT2D eigenvalue weighted by Crippen LogP contribution is -2.64. The maximum Gasteiger partial charge on any atom is 0.120 e. The molecule has 2 heterocycles. The minimum atomic E-state index is -0.271. The van der Waals surface area contributed by atoms with Crippen LogP contribution in [-0.2, 0) is 0 Å². The minimum Gasteiger partial charge on any atom is -0.354 e. The van der Waals surface area contributed by atoms with Crippen molar-refractivity contribution in [2.24, 2.45) is 5.73 Å². The highest BCUT2D eigenvalue weighted by atomic mass is 15.3. The number of piperazine rings is 1. The van der Waals surface area contributed by atoms with Crippen molar-refractivity contribution in [3.8, 4) is 0 Å². The molecule has 3 N–H and O–H groups in total. The van der Waals surface area contributed by atoms with Gasteiger partial charge in [0.2, 0.25) is 0 Å². The summed E-state index contributed by atoms with van der Waals surface area (Å²) in [4.78, 5) is 2.17. The van der Waals surface area contributed by atoms with E-state index >= 15 is 0 Å². The summed E-state index contributed by atoms with van der Waals surface area (Å²) in [6.45, 7) is 2.86. The molecule has 0 bridgehead atoms. The lowest BCUT2D eigenvalue weighted by molar-refractivity contribution is 0.160. The van der Waals surface area contributed by atoms with Gasteiger partial charge in [-0.3, -0.25) is 0 Å². The molecular weight excluding hydrogens is 138 g/mol. The van der Waals surface area contributed by atoms with Gasteiger partial charge in [-0.05, 0) is 12.2 Å². The predicted molar refractivity (Wildman–Crippen MR) is 44.8 cm³/mol. The monoisotopic (exact) mass is 151 g/mol. The number of nitrogens with zero attached hydrogens (tertiary/aromatic N) is 1. The fourth-order valence-corrected chi connectivity index (χ4v) is 1.54. The fraction of sp³-hybridized carbons (Fsp3) is 0.500. The zero-order valence-corrected chi connectivity index (χ0v) is 6.46. The van der Waals surface area contributed by atoms with Gasteiger partial charge in [0.15, 0.2) is 0 Å². The summed E-state index contributed by atoms with van der Waals surface area (Å²) in [5.74, 6) is 0. The van der Waals surface area contributed by atoms with Crippen LogP contribution in [0, 0.1) is 0 Å². The van der Waals surface area contributed by atoms with Crippen molar-refractivity contribution in [2.45, 2.75) is 5.66 Å². The maximum absolute atomic E-state index is 6.09. The van der Waals surface area contributed by atoms with Crippen molar-refractivity contribution in [3.05, 3.63) is 24.4 Å².